The fourth-order valence-corrected chi connectivity index (χ4v) is 4.22. The fourth-order valence-electron chi connectivity index (χ4n) is 3.07. The van der Waals surface area contributed by atoms with Crippen LogP contribution in [-0.4, -0.2) is 15.4 Å². The van der Waals surface area contributed by atoms with E-state index >= 15 is 0 Å². The quantitative estimate of drug-likeness (QED) is 0.682. The van der Waals surface area contributed by atoms with Gasteiger partial charge in [-0.2, -0.15) is 0 Å². The molecule has 3 aromatic rings. The maximum atomic E-state index is 12.9. The van der Waals surface area contributed by atoms with Crippen LogP contribution in [0.2, 0.25) is 0 Å². The summed E-state index contributed by atoms with van der Waals surface area (Å²) in [6.07, 6.45) is -0.896. The van der Waals surface area contributed by atoms with Crippen molar-refractivity contribution in [3.8, 4) is 0 Å². The first-order valence-electron chi connectivity index (χ1n) is 8.54. The highest BCUT2D eigenvalue weighted by atomic mass is 32.2. The number of hydrogen-bond donors (Lipinski definition) is 1. The number of benzene rings is 3. The normalized spacial score (nSPS) is 13.9. The van der Waals surface area contributed by atoms with Gasteiger partial charge in [0, 0.05) is 0 Å². The molecule has 0 fully saturated rings. The van der Waals surface area contributed by atoms with E-state index in [9.17, 15) is 9.32 Å². The number of rotatable bonds is 7. The molecule has 0 spiro atoms. The van der Waals surface area contributed by atoms with E-state index in [1.165, 1.54) is 0 Å². The minimum Gasteiger partial charge on any atom is -0.390 e. The number of aliphatic hydroxyl groups excluding tert-OH is 1. The van der Waals surface area contributed by atoms with Gasteiger partial charge in [0.1, 0.15) is 0 Å². The van der Waals surface area contributed by atoms with Crippen LogP contribution in [0.5, 0.6) is 0 Å². The van der Waals surface area contributed by atoms with Crippen LogP contribution in [0.15, 0.2) is 91.0 Å². The summed E-state index contributed by atoms with van der Waals surface area (Å²) >= 11 is -1.62. The van der Waals surface area contributed by atoms with E-state index in [0.717, 1.165) is 16.7 Å². The lowest BCUT2D eigenvalue weighted by molar-refractivity contribution is -0.00990. The summed E-state index contributed by atoms with van der Waals surface area (Å²) in [6, 6.07) is 28.5. The second-order valence-corrected chi connectivity index (χ2v) is 7.22. The summed E-state index contributed by atoms with van der Waals surface area (Å²) in [7, 11) is 0. The van der Waals surface area contributed by atoms with E-state index in [4.69, 9.17) is 4.18 Å². The van der Waals surface area contributed by atoms with Gasteiger partial charge in [0.15, 0.2) is 16.7 Å². The summed E-state index contributed by atoms with van der Waals surface area (Å²) in [5.41, 5.74) is 1.25. The van der Waals surface area contributed by atoms with E-state index < -0.39 is 22.8 Å². The molecule has 0 aliphatic heterocycles. The number of aliphatic hydroxyl groups is 1. The van der Waals surface area contributed by atoms with Gasteiger partial charge >= 0.3 is 0 Å². The smallest absolute Gasteiger partial charge is 0.161 e. The Morgan fingerprint density at radius 3 is 1.69 bits per heavy atom. The minimum atomic E-state index is -1.62. The maximum Gasteiger partial charge on any atom is 0.161 e. The van der Waals surface area contributed by atoms with E-state index in [2.05, 4.69) is 0 Å². The van der Waals surface area contributed by atoms with Gasteiger partial charge in [-0.15, -0.1) is 0 Å². The zero-order valence-corrected chi connectivity index (χ0v) is 15.4. The second-order valence-electron chi connectivity index (χ2n) is 6.16. The Morgan fingerprint density at radius 2 is 1.27 bits per heavy atom. The van der Waals surface area contributed by atoms with Gasteiger partial charge in [-0.3, -0.25) is 4.18 Å². The third kappa shape index (κ3) is 3.93. The van der Waals surface area contributed by atoms with Crippen molar-refractivity contribution in [2.24, 2.45) is 0 Å². The topological polar surface area (TPSA) is 46.5 Å². The van der Waals surface area contributed by atoms with Crippen LogP contribution in [0.4, 0.5) is 0 Å². The maximum absolute atomic E-state index is 12.9. The zero-order chi connectivity index (χ0) is 18.4. The molecule has 1 unspecified atom stereocenters. The van der Waals surface area contributed by atoms with Crippen molar-refractivity contribution in [2.75, 3.05) is 0 Å². The molecule has 2 atom stereocenters. The molecular formula is C22H22O3S. The van der Waals surface area contributed by atoms with Crippen LogP contribution in [0.25, 0.3) is 0 Å². The van der Waals surface area contributed by atoms with Crippen LogP contribution in [-0.2, 0) is 26.6 Å². The highest BCUT2D eigenvalue weighted by molar-refractivity contribution is 7.79. The van der Waals surface area contributed by atoms with E-state index in [0.29, 0.717) is 0 Å². The first-order chi connectivity index (χ1) is 12.6. The molecule has 0 amide bonds. The Kier molecular flexibility index (Phi) is 5.99. The van der Waals surface area contributed by atoms with Crippen molar-refractivity contribution in [3.63, 3.8) is 0 Å². The SMILES string of the molecule is C[C@H](O)C(OS(=O)Cc1ccccc1)(c1ccccc1)c1ccccc1. The van der Waals surface area contributed by atoms with Crippen molar-refractivity contribution < 1.29 is 13.5 Å². The molecule has 1 N–H and O–H groups in total. The molecule has 0 saturated carbocycles. The third-order valence-corrected chi connectivity index (χ3v) is 5.36. The van der Waals surface area contributed by atoms with Gasteiger partial charge in [0.05, 0.1) is 11.9 Å². The average Bonchev–Trinajstić information content (AvgIpc) is 2.68. The average molecular weight is 366 g/mol. The summed E-state index contributed by atoms with van der Waals surface area (Å²) in [4.78, 5) is 0. The lowest BCUT2D eigenvalue weighted by Crippen LogP contribution is -2.42. The Morgan fingerprint density at radius 1 is 0.846 bits per heavy atom. The van der Waals surface area contributed by atoms with Crippen molar-refractivity contribution in [1.82, 2.24) is 0 Å². The Bertz CT molecular complexity index is 794. The Labute approximate surface area is 156 Å². The Hall–Kier alpha value is -2.27. The van der Waals surface area contributed by atoms with Crippen molar-refractivity contribution in [3.05, 3.63) is 108 Å². The highest BCUT2D eigenvalue weighted by Crippen LogP contribution is 2.38. The first-order valence-corrected chi connectivity index (χ1v) is 9.78. The third-order valence-electron chi connectivity index (χ3n) is 4.35. The van der Waals surface area contributed by atoms with Gasteiger partial charge in [-0.1, -0.05) is 91.0 Å². The highest BCUT2D eigenvalue weighted by Gasteiger charge is 2.42. The van der Waals surface area contributed by atoms with Gasteiger partial charge in [0.25, 0.3) is 0 Å². The molecule has 3 aromatic carbocycles. The summed E-state index contributed by atoms with van der Waals surface area (Å²) in [5.74, 6) is 0.259. The van der Waals surface area contributed by atoms with Crippen molar-refractivity contribution in [2.45, 2.75) is 24.4 Å². The summed E-state index contributed by atoms with van der Waals surface area (Å²) in [5, 5.41) is 10.7. The fraction of sp³-hybridized carbons (Fsp3) is 0.182. The molecule has 0 saturated heterocycles. The summed E-state index contributed by atoms with van der Waals surface area (Å²) < 4.78 is 19.0. The molecule has 26 heavy (non-hydrogen) atoms. The molecule has 3 rings (SSSR count). The van der Waals surface area contributed by atoms with E-state index in [1.54, 1.807) is 6.92 Å². The van der Waals surface area contributed by atoms with Crippen LogP contribution in [0.3, 0.4) is 0 Å². The molecule has 0 aliphatic rings. The van der Waals surface area contributed by atoms with Crippen LogP contribution >= 0.6 is 0 Å². The predicted octanol–water partition coefficient (Wildman–Crippen LogP) is 4.19. The monoisotopic (exact) mass is 366 g/mol. The lowest BCUT2D eigenvalue weighted by Gasteiger charge is -2.36. The molecule has 134 valence electrons. The zero-order valence-electron chi connectivity index (χ0n) is 14.6. The van der Waals surface area contributed by atoms with E-state index in [-0.39, 0.29) is 5.75 Å². The van der Waals surface area contributed by atoms with Crippen molar-refractivity contribution >= 4 is 11.1 Å². The minimum absolute atomic E-state index is 0.259. The molecular weight excluding hydrogens is 344 g/mol. The van der Waals surface area contributed by atoms with Gasteiger partial charge in [0.2, 0.25) is 0 Å². The molecule has 0 bridgehead atoms. The predicted molar refractivity (Wildman–Crippen MR) is 105 cm³/mol. The second kappa shape index (κ2) is 8.41. The molecule has 4 heteroatoms. The molecule has 3 nitrogen and oxygen atoms in total. The van der Waals surface area contributed by atoms with Gasteiger partial charge in [-0.25, -0.2) is 4.21 Å². The van der Waals surface area contributed by atoms with Gasteiger partial charge < -0.3 is 5.11 Å². The van der Waals surface area contributed by atoms with E-state index in [1.807, 2.05) is 91.0 Å². The van der Waals surface area contributed by atoms with Crippen molar-refractivity contribution in [1.29, 1.82) is 0 Å². The molecule has 0 heterocycles. The largest absolute Gasteiger partial charge is 0.390 e. The van der Waals surface area contributed by atoms with Crippen LogP contribution in [0, 0.1) is 0 Å². The number of hydrogen-bond acceptors (Lipinski definition) is 3. The summed E-state index contributed by atoms with van der Waals surface area (Å²) in [6.45, 7) is 1.67. The van der Waals surface area contributed by atoms with Gasteiger partial charge in [-0.05, 0) is 23.6 Å². The van der Waals surface area contributed by atoms with Crippen LogP contribution in [0.1, 0.15) is 23.6 Å². The first kappa shape index (κ1) is 18.5. The molecule has 0 radical (unpaired) electrons. The molecule has 0 aliphatic carbocycles. The molecule has 0 aromatic heterocycles. The lowest BCUT2D eigenvalue weighted by atomic mass is 9.82. The van der Waals surface area contributed by atoms with Crippen LogP contribution < -0.4 is 0 Å². The Balaban J connectivity index is 2.01. The standard InChI is InChI=1S/C22H22O3S/c1-18(23)22(20-13-7-3-8-14-20,21-15-9-4-10-16-21)25-26(24)17-19-11-5-2-6-12-19/h2-16,18,23H,17H2,1H3/t18-,26?/m0/s1.